The van der Waals surface area contributed by atoms with E-state index in [4.69, 9.17) is 25.8 Å². The molecular formula is C24H35ClO3. The van der Waals surface area contributed by atoms with Crippen LogP contribution in [0.15, 0.2) is 24.3 Å². The third-order valence-electron chi connectivity index (χ3n) is 7.18. The van der Waals surface area contributed by atoms with Crippen molar-refractivity contribution in [2.45, 2.75) is 83.2 Å². The molecule has 0 unspecified atom stereocenters. The van der Waals surface area contributed by atoms with E-state index in [0.29, 0.717) is 12.7 Å². The standard InChI is InChI=1S/C24H35ClO3/c25-22-10-3-19(4-11-22)17-28-23-12-8-21(9-13-23)20-6-1-18(2-7-20)5-14-24-26-15-16-27-24/h3-4,10-11,18,20-21,23-24H,1-2,5-9,12-17H2/t18-,20-,21-,23-. The molecule has 0 bridgehead atoms. The highest BCUT2D eigenvalue weighted by atomic mass is 35.5. The van der Waals surface area contributed by atoms with Crippen molar-refractivity contribution in [1.29, 1.82) is 0 Å². The zero-order valence-corrected chi connectivity index (χ0v) is 17.7. The Morgan fingerprint density at radius 1 is 0.786 bits per heavy atom. The topological polar surface area (TPSA) is 27.7 Å². The van der Waals surface area contributed by atoms with E-state index < -0.39 is 0 Å². The SMILES string of the molecule is Clc1ccc(CO[C@H]2CC[C@H]([C@H]3CC[C@H](CCC4OCCO4)CC3)CC2)cc1. The summed E-state index contributed by atoms with van der Waals surface area (Å²) in [7, 11) is 0. The molecule has 0 N–H and O–H groups in total. The second-order valence-electron chi connectivity index (χ2n) is 9.00. The van der Waals surface area contributed by atoms with Crippen molar-refractivity contribution in [2.75, 3.05) is 13.2 Å². The van der Waals surface area contributed by atoms with Gasteiger partial charge in [-0.2, -0.15) is 0 Å². The van der Waals surface area contributed by atoms with Crippen molar-refractivity contribution in [1.82, 2.24) is 0 Å². The van der Waals surface area contributed by atoms with Crippen molar-refractivity contribution >= 4 is 11.6 Å². The van der Waals surface area contributed by atoms with Gasteiger partial charge in [0, 0.05) is 5.02 Å². The summed E-state index contributed by atoms with van der Waals surface area (Å²) in [6.07, 6.45) is 13.7. The first-order valence-corrected chi connectivity index (χ1v) is 11.7. The second-order valence-corrected chi connectivity index (χ2v) is 9.44. The van der Waals surface area contributed by atoms with Crippen LogP contribution in [0.1, 0.15) is 69.8 Å². The third-order valence-corrected chi connectivity index (χ3v) is 7.43. The van der Waals surface area contributed by atoms with E-state index in [1.54, 1.807) is 0 Å². The summed E-state index contributed by atoms with van der Waals surface area (Å²) >= 11 is 5.95. The van der Waals surface area contributed by atoms with Crippen LogP contribution >= 0.6 is 11.6 Å². The van der Waals surface area contributed by atoms with Gasteiger partial charge in [-0.3, -0.25) is 0 Å². The fraction of sp³-hybridized carbons (Fsp3) is 0.750. The van der Waals surface area contributed by atoms with E-state index in [0.717, 1.165) is 42.4 Å². The molecule has 0 radical (unpaired) electrons. The smallest absolute Gasteiger partial charge is 0.157 e. The molecule has 0 amide bonds. The summed E-state index contributed by atoms with van der Waals surface area (Å²) < 4.78 is 17.3. The molecule has 4 heteroatoms. The largest absolute Gasteiger partial charge is 0.374 e. The molecule has 1 aromatic rings. The Morgan fingerprint density at radius 3 is 2.04 bits per heavy atom. The summed E-state index contributed by atoms with van der Waals surface area (Å²) in [5.74, 6) is 2.77. The Kier molecular flexibility index (Phi) is 7.69. The molecule has 0 atom stereocenters. The average Bonchev–Trinajstić information content (AvgIpc) is 3.26. The van der Waals surface area contributed by atoms with Gasteiger partial charge in [0.05, 0.1) is 25.9 Å². The zero-order chi connectivity index (χ0) is 19.2. The van der Waals surface area contributed by atoms with E-state index in [1.807, 2.05) is 12.1 Å². The van der Waals surface area contributed by atoms with Crippen LogP contribution in [-0.4, -0.2) is 25.6 Å². The van der Waals surface area contributed by atoms with E-state index in [9.17, 15) is 0 Å². The minimum atomic E-state index is 0.0841. The first-order chi connectivity index (χ1) is 13.8. The predicted octanol–water partition coefficient (Wildman–Crippen LogP) is 6.37. The Bertz CT molecular complexity index is 568. The first kappa shape index (κ1) is 20.7. The molecular weight excluding hydrogens is 372 g/mol. The van der Waals surface area contributed by atoms with Gasteiger partial charge in [-0.15, -0.1) is 0 Å². The highest BCUT2D eigenvalue weighted by Crippen LogP contribution is 2.41. The third kappa shape index (κ3) is 5.95. The summed E-state index contributed by atoms with van der Waals surface area (Å²) in [4.78, 5) is 0. The Hall–Kier alpha value is -0.610. The van der Waals surface area contributed by atoms with Gasteiger partial charge < -0.3 is 14.2 Å². The maximum absolute atomic E-state index is 6.18. The molecule has 28 heavy (non-hydrogen) atoms. The number of rotatable bonds is 7. The van der Waals surface area contributed by atoms with Crippen LogP contribution in [0.25, 0.3) is 0 Å². The van der Waals surface area contributed by atoms with Crippen LogP contribution in [0, 0.1) is 17.8 Å². The molecule has 156 valence electrons. The van der Waals surface area contributed by atoms with Gasteiger partial charge >= 0.3 is 0 Å². The van der Waals surface area contributed by atoms with Crippen molar-refractivity contribution in [2.24, 2.45) is 17.8 Å². The number of halogens is 1. The highest BCUT2D eigenvalue weighted by molar-refractivity contribution is 6.30. The molecule has 0 aromatic heterocycles. The summed E-state index contributed by atoms with van der Waals surface area (Å²) in [6, 6.07) is 8.03. The first-order valence-electron chi connectivity index (χ1n) is 11.4. The molecule has 0 spiro atoms. The molecule has 1 aromatic carbocycles. The van der Waals surface area contributed by atoms with Crippen LogP contribution in [0.3, 0.4) is 0 Å². The molecule has 4 rings (SSSR count). The average molecular weight is 407 g/mol. The van der Waals surface area contributed by atoms with Crippen molar-refractivity contribution in [3.8, 4) is 0 Å². The quantitative estimate of drug-likeness (QED) is 0.526. The lowest BCUT2D eigenvalue weighted by atomic mass is 9.70. The lowest BCUT2D eigenvalue weighted by Gasteiger charge is -2.38. The van der Waals surface area contributed by atoms with Gasteiger partial charge in [-0.1, -0.05) is 36.6 Å². The van der Waals surface area contributed by atoms with E-state index >= 15 is 0 Å². The summed E-state index contributed by atoms with van der Waals surface area (Å²) in [6.45, 7) is 2.28. The van der Waals surface area contributed by atoms with Crippen LogP contribution in [0.5, 0.6) is 0 Å². The minimum absolute atomic E-state index is 0.0841. The van der Waals surface area contributed by atoms with Gasteiger partial charge in [0.25, 0.3) is 0 Å². The lowest BCUT2D eigenvalue weighted by molar-refractivity contribution is -0.0516. The molecule has 1 heterocycles. The van der Waals surface area contributed by atoms with Gasteiger partial charge in [-0.05, 0) is 86.8 Å². The summed E-state index contributed by atoms with van der Waals surface area (Å²) in [5, 5.41) is 0.791. The Labute approximate surface area is 175 Å². The number of hydrogen-bond donors (Lipinski definition) is 0. The van der Waals surface area contributed by atoms with Crippen LogP contribution in [0.2, 0.25) is 5.02 Å². The number of ether oxygens (including phenoxy) is 3. The molecule has 3 fully saturated rings. The lowest BCUT2D eigenvalue weighted by Crippen LogP contribution is -2.28. The van der Waals surface area contributed by atoms with Gasteiger partial charge in [0.2, 0.25) is 0 Å². The van der Waals surface area contributed by atoms with Crippen molar-refractivity contribution in [3.63, 3.8) is 0 Å². The zero-order valence-electron chi connectivity index (χ0n) is 17.0. The number of benzene rings is 1. The van der Waals surface area contributed by atoms with Crippen LogP contribution < -0.4 is 0 Å². The summed E-state index contributed by atoms with van der Waals surface area (Å²) in [5.41, 5.74) is 1.22. The van der Waals surface area contributed by atoms with Gasteiger partial charge in [0.1, 0.15) is 0 Å². The maximum atomic E-state index is 6.18. The van der Waals surface area contributed by atoms with E-state index in [2.05, 4.69) is 12.1 Å². The fourth-order valence-corrected chi connectivity index (χ4v) is 5.54. The van der Waals surface area contributed by atoms with Crippen molar-refractivity contribution < 1.29 is 14.2 Å². The highest BCUT2D eigenvalue weighted by Gasteiger charge is 2.31. The molecule has 2 aliphatic carbocycles. The maximum Gasteiger partial charge on any atom is 0.157 e. The molecule has 3 nitrogen and oxygen atoms in total. The fourth-order valence-electron chi connectivity index (χ4n) is 5.42. The number of hydrogen-bond acceptors (Lipinski definition) is 3. The molecule has 1 aliphatic heterocycles. The van der Waals surface area contributed by atoms with Gasteiger partial charge in [-0.25, -0.2) is 0 Å². The molecule has 1 saturated heterocycles. The van der Waals surface area contributed by atoms with Gasteiger partial charge in [0.15, 0.2) is 6.29 Å². The molecule has 2 saturated carbocycles. The van der Waals surface area contributed by atoms with E-state index in [-0.39, 0.29) is 6.29 Å². The second kappa shape index (κ2) is 10.4. The Morgan fingerprint density at radius 2 is 1.39 bits per heavy atom. The Balaban J connectivity index is 1.11. The molecule has 3 aliphatic rings. The minimum Gasteiger partial charge on any atom is -0.374 e. The predicted molar refractivity (Wildman–Crippen MR) is 112 cm³/mol. The normalized spacial score (nSPS) is 31.9. The monoisotopic (exact) mass is 406 g/mol. The van der Waals surface area contributed by atoms with Crippen LogP contribution in [0.4, 0.5) is 0 Å². The van der Waals surface area contributed by atoms with Crippen molar-refractivity contribution in [3.05, 3.63) is 34.9 Å². The van der Waals surface area contributed by atoms with E-state index in [1.165, 1.54) is 63.4 Å². The van der Waals surface area contributed by atoms with Crippen LogP contribution in [-0.2, 0) is 20.8 Å².